The van der Waals surface area contributed by atoms with Crippen LogP contribution in [-0.4, -0.2) is 13.6 Å². The SMILES string of the molecule is CNCCCC(Oc1cc(Cl)ccc1C#N)c1ccsc1. The molecule has 0 aliphatic rings. The Morgan fingerprint density at radius 2 is 2.29 bits per heavy atom. The van der Waals surface area contributed by atoms with E-state index in [2.05, 4.69) is 22.8 Å². The second-order valence-corrected chi connectivity index (χ2v) is 5.88. The van der Waals surface area contributed by atoms with Crippen LogP contribution in [0.15, 0.2) is 35.0 Å². The molecule has 21 heavy (non-hydrogen) atoms. The van der Waals surface area contributed by atoms with Crippen molar-refractivity contribution in [2.45, 2.75) is 18.9 Å². The Morgan fingerprint density at radius 1 is 1.43 bits per heavy atom. The predicted molar refractivity (Wildman–Crippen MR) is 87.0 cm³/mol. The van der Waals surface area contributed by atoms with Gasteiger partial charge >= 0.3 is 0 Å². The van der Waals surface area contributed by atoms with E-state index in [1.165, 1.54) is 0 Å². The van der Waals surface area contributed by atoms with E-state index >= 15 is 0 Å². The van der Waals surface area contributed by atoms with E-state index in [0.717, 1.165) is 24.9 Å². The molecule has 1 N–H and O–H groups in total. The van der Waals surface area contributed by atoms with Crippen molar-refractivity contribution in [3.63, 3.8) is 0 Å². The van der Waals surface area contributed by atoms with Gasteiger partial charge in [0.15, 0.2) is 0 Å². The van der Waals surface area contributed by atoms with Gasteiger partial charge in [0.2, 0.25) is 0 Å². The van der Waals surface area contributed by atoms with Crippen LogP contribution < -0.4 is 10.1 Å². The van der Waals surface area contributed by atoms with Gasteiger partial charge in [-0.2, -0.15) is 16.6 Å². The number of rotatable bonds is 7. The van der Waals surface area contributed by atoms with Gasteiger partial charge < -0.3 is 10.1 Å². The Kier molecular flexibility index (Phi) is 6.06. The first-order valence-electron chi connectivity index (χ1n) is 6.77. The number of hydrogen-bond donors (Lipinski definition) is 1. The molecule has 1 aromatic heterocycles. The molecular formula is C16H17ClN2OS. The molecule has 3 nitrogen and oxygen atoms in total. The average molecular weight is 321 g/mol. The van der Waals surface area contributed by atoms with E-state index in [-0.39, 0.29) is 6.10 Å². The minimum atomic E-state index is -0.0600. The summed E-state index contributed by atoms with van der Waals surface area (Å²) in [5.74, 6) is 0.547. The molecular weight excluding hydrogens is 304 g/mol. The van der Waals surface area contributed by atoms with Crippen molar-refractivity contribution >= 4 is 22.9 Å². The van der Waals surface area contributed by atoms with Crippen LogP contribution >= 0.6 is 22.9 Å². The van der Waals surface area contributed by atoms with E-state index < -0.39 is 0 Å². The Hall–Kier alpha value is -1.54. The van der Waals surface area contributed by atoms with Crippen LogP contribution in [0.5, 0.6) is 5.75 Å². The first-order valence-corrected chi connectivity index (χ1v) is 8.09. The summed E-state index contributed by atoms with van der Waals surface area (Å²) in [6.45, 7) is 0.935. The number of ether oxygens (including phenoxy) is 1. The molecule has 0 saturated carbocycles. The highest BCUT2D eigenvalue weighted by molar-refractivity contribution is 7.07. The molecule has 1 unspecified atom stereocenters. The van der Waals surface area contributed by atoms with E-state index in [4.69, 9.17) is 16.3 Å². The largest absolute Gasteiger partial charge is 0.484 e. The lowest BCUT2D eigenvalue weighted by atomic mass is 10.1. The summed E-state index contributed by atoms with van der Waals surface area (Å²) < 4.78 is 6.08. The normalized spacial score (nSPS) is 11.9. The maximum atomic E-state index is 9.19. The highest BCUT2D eigenvalue weighted by atomic mass is 35.5. The van der Waals surface area contributed by atoms with Gasteiger partial charge in [-0.3, -0.25) is 0 Å². The minimum Gasteiger partial charge on any atom is -0.484 e. The average Bonchev–Trinajstić information content (AvgIpc) is 3.01. The van der Waals surface area contributed by atoms with Gasteiger partial charge in [-0.1, -0.05) is 11.6 Å². The van der Waals surface area contributed by atoms with Crippen molar-refractivity contribution in [2.75, 3.05) is 13.6 Å². The summed E-state index contributed by atoms with van der Waals surface area (Å²) in [5, 5.41) is 17.0. The van der Waals surface area contributed by atoms with Crippen molar-refractivity contribution in [1.82, 2.24) is 5.32 Å². The molecule has 1 atom stereocenters. The lowest BCUT2D eigenvalue weighted by Gasteiger charge is -2.19. The van der Waals surface area contributed by atoms with Crippen molar-refractivity contribution in [2.24, 2.45) is 0 Å². The summed E-state index contributed by atoms with van der Waals surface area (Å²) in [6, 6.07) is 9.31. The number of benzene rings is 1. The second kappa shape index (κ2) is 8.04. The molecule has 1 aromatic carbocycles. The van der Waals surface area contributed by atoms with Crippen molar-refractivity contribution < 1.29 is 4.74 Å². The summed E-state index contributed by atoms with van der Waals surface area (Å²) in [5.41, 5.74) is 1.65. The van der Waals surface area contributed by atoms with Gasteiger partial charge in [-0.05, 0) is 55.4 Å². The Morgan fingerprint density at radius 3 is 2.95 bits per heavy atom. The molecule has 2 aromatic rings. The van der Waals surface area contributed by atoms with Crippen LogP contribution in [0.4, 0.5) is 0 Å². The third-order valence-electron chi connectivity index (χ3n) is 3.14. The fourth-order valence-electron chi connectivity index (χ4n) is 2.06. The maximum Gasteiger partial charge on any atom is 0.139 e. The monoisotopic (exact) mass is 320 g/mol. The van der Waals surface area contributed by atoms with Crippen molar-refractivity contribution in [1.29, 1.82) is 5.26 Å². The van der Waals surface area contributed by atoms with E-state index in [0.29, 0.717) is 16.3 Å². The standard InChI is InChI=1S/C16H17ClN2OS/c1-19-7-2-3-15(13-6-8-21-11-13)20-16-9-14(17)5-4-12(16)10-18/h4-6,8-9,11,15,19H,2-3,7H2,1H3. The molecule has 0 aliphatic carbocycles. The first kappa shape index (κ1) is 15.8. The molecule has 0 amide bonds. The summed E-state index contributed by atoms with van der Waals surface area (Å²) in [6.07, 6.45) is 1.82. The number of halogens is 1. The van der Waals surface area contributed by atoms with Gasteiger partial charge in [0.1, 0.15) is 17.9 Å². The topological polar surface area (TPSA) is 45.0 Å². The van der Waals surface area contributed by atoms with Gasteiger partial charge in [0, 0.05) is 16.7 Å². The number of nitrogens with zero attached hydrogens (tertiary/aromatic N) is 1. The van der Waals surface area contributed by atoms with Crippen LogP contribution in [0.3, 0.4) is 0 Å². The van der Waals surface area contributed by atoms with Crippen LogP contribution in [0, 0.1) is 11.3 Å². The quantitative estimate of drug-likeness (QED) is 0.769. The van der Waals surface area contributed by atoms with Gasteiger partial charge in [-0.15, -0.1) is 0 Å². The van der Waals surface area contributed by atoms with Crippen molar-refractivity contribution in [3.8, 4) is 11.8 Å². The molecule has 0 bridgehead atoms. The molecule has 2 rings (SSSR count). The number of nitrogens with one attached hydrogen (secondary N) is 1. The number of thiophene rings is 1. The zero-order valence-electron chi connectivity index (χ0n) is 11.8. The Balaban J connectivity index is 2.19. The highest BCUT2D eigenvalue weighted by Gasteiger charge is 2.16. The lowest BCUT2D eigenvalue weighted by Crippen LogP contribution is -2.13. The Bertz CT molecular complexity index is 607. The molecule has 0 saturated heterocycles. The molecule has 110 valence electrons. The smallest absolute Gasteiger partial charge is 0.139 e. The zero-order valence-corrected chi connectivity index (χ0v) is 13.4. The second-order valence-electron chi connectivity index (χ2n) is 4.66. The predicted octanol–water partition coefficient (Wildman–Crippen LogP) is 4.39. The number of nitriles is 1. The van der Waals surface area contributed by atoms with E-state index in [9.17, 15) is 5.26 Å². The van der Waals surface area contributed by atoms with Gasteiger partial charge in [-0.25, -0.2) is 0 Å². The Labute approximate surface area is 134 Å². The minimum absolute atomic E-state index is 0.0600. The van der Waals surface area contributed by atoms with E-state index in [1.807, 2.05) is 12.4 Å². The fraction of sp³-hybridized carbons (Fsp3) is 0.312. The van der Waals surface area contributed by atoms with E-state index in [1.54, 1.807) is 29.5 Å². The molecule has 1 heterocycles. The molecule has 5 heteroatoms. The first-order chi connectivity index (χ1) is 10.2. The maximum absolute atomic E-state index is 9.19. The molecule has 0 spiro atoms. The third kappa shape index (κ3) is 4.47. The number of hydrogen-bond acceptors (Lipinski definition) is 4. The molecule has 0 radical (unpaired) electrons. The fourth-order valence-corrected chi connectivity index (χ4v) is 2.92. The van der Waals surface area contributed by atoms with Gasteiger partial charge in [0.25, 0.3) is 0 Å². The van der Waals surface area contributed by atoms with Crippen LogP contribution in [0.25, 0.3) is 0 Å². The van der Waals surface area contributed by atoms with Crippen LogP contribution in [0.1, 0.15) is 30.1 Å². The highest BCUT2D eigenvalue weighted by Crippen LogP contribution is 2.31. The molecule has 0 aliphatic heterocycles. The summed E-state index contributed by atoms with van der Waals surface area (Å²) in [7, 11) is 1.94. The van der Waals surface area contributed by atoms with Crippen LogP contribution in [-0.2, 0) is 0 Å². The zero-order chi connectivity index (χ0) is 15.1. The van der Waals surface area contributed by atoms with Crippen LogP contribution in [0.2, 0.25) is 5.02 Å². The summed E-state index contributed by atoms with van der Waals surface area (Å²) >= 11 is 7.66. The summed E-state index contributed by atoms with van der Waals surface area (Å²) in [4.78, 5) is 0. The third-order valence-corrected chi connectivity index (χ3v) is 4.08. The van der Waals surface area contributed by atoms with Gasteiger partial charge in [0.05, 0.1) is 5.56 Å². The molecule has 0 fully saturated rings. The lowest BCUT2D eigenvalue weighted by molar-refractivity contribution is 0.192. The van der Waals surface area contributed by atoms with Crippen molar-refractivity contribution in [3.05, 3.63) is 51.2 Å².